The number of piperazine rings is 1. The average molecular weight is 429 g/mol. The third-order valence-corrected chi connectivity index (χ3v) is 7.18. The van der Waals surface area contributed by atoms with Crippen molar-refractivity contribution >= 4 is 11.8 Å². The van der Waals surface area contributed by atoms with E-state index < -0.39 is 0 Å². The standard InChI is InChI=1S/C27H28N2O3/c30-18-24-26(23-16-28(17-25(31)29(23)24)27(32)22-10-5-11-22)21-14-12-20(13-15-21)9-4-8-19-6-2-1-3-7-19/h1-3,6-7,12-15,22-24,26,30H,5,8,10-11,16-18H2/t23-,24+,26+/m1/s1. The predicted octanol–water partition coefficient (Wildman–Crippen LogP) is 2.58. The summed E-state index contributed by atoms with van der Waals surface area (Å²) in [6.45, 7) is 0.633. The minimum atomic E-state index is -0.219. The monoisotopic (exact) mass is 428 g/mol. The van der Waals surface area contributed by atoms with Crippen molar-refractivity contribution < 1.29 is 14.7 Å². The van der Waals surface area contributed by atoms with Crippen molar-refractivity contribution in [3.8, 4) is 11.8 Å². The van der Waals surface area contributed by atoms with E-state index in [-0.39, 0.29) is 48.9 Å². The second-order valence-corrected chi connectivity index (χ2v) is 9.08. The van der Waals surface area contributed by atoms with Crippen LogP contribution in [0.2, 0.25) is 0 Å². The van der Waals surface area contributed by atoms with Gasteiger partial charge in [0.2, 0.25) is 11.8 Å². The van der Waals surface area contributed by atoms with Gasteiger partial charge in [0.1, 0.15) is 0 Å². The zero-order chi connectivity index (χ0) is 22.1. The van der Waals surface area contributed by atoms with E-state index in [2.05, 4.69) is 24.0 Å². The molecule has 164 valence electrons. The second-order valence-electron chi connectivity index (χ2n) is 9.08. The first kappa shape index (κ1) is 20.8. The molecule has 3 atom stereocenters. The van der Waals surface area contributed by atoms with E-state index in [1.807, 2.05) is 42.5 Å². The molecule has 2 heterocycles. The highest BCUT2D eigenvalue weighted by molar-refractivity contribution is 5.89. The topological polar surface area (TPSA) is 60.9 Å². The Balaban J connectivity index is 1.29. The molecular weight excluding hydrogens is 400 g/mol. The molecule has 3 aliphatic rings. The minimum absolute atomic E-state index is 0.0345. The maximum atomic E-state index is 12.7. The van der Waals surface area contributed by atoms with Gasteiger partial charge in [-0.05, 0) is 36.1 Å². The quantitative estimate of drug-likeness (QED) is 0.762. The van der Waals surface area contributed by atoms with Crippen LogP contribution in [0, 0.1) is 17.8 Å². The summed E-state index contributed by atoms with van der Waals surface area (Å²) in [4.78, 5) is 29.0. The number of rotatable bonds is 4. The summed E-state index contributed by atoms with van der Waals surface area (Å²) in [6.07, 6.45) is 3.69. The SMILES string of the molecule is O=C(C1CCC1)N1CC(=O)N2[C@H](C1)[C@H](c1ccc(C#CCc3ccccc3)cc1)[C@@H]2CO. The molecule has 2 aromatic rings. The molecule has 0 bridgehead atoms. The van der Waals surface area contributed by atoms with Crippen LogP contribution in [0.1, 0.15) is 41.9 Å². The Bertz CT molecular complexity index is 1050. The lowest BCUT2D eigenvalue weighted by Crippen LogP contribution is -2.73. The molecule has 1 aliphatic carbocycles. The van der Waals surface area contributed by atoms with E-state index >= 15 is 0 Å². The van der Waals surface area contributed by atoms with Crippen molar-refractivity contribution in [3.05, 3.63) is 71.3 Å². The number of amides is 2. The molecule has 2 saturated heterocycles. The highest BCUT2D eigenvalue weighted by Crippen LogP contribution is 2.43. The van der Waals surface area contributed by atoms with Crippen molar-refractivity contribution in [2.45, 2.75) is 43.7 Å². The summed E-state index contributed by atoms with van der Waals surface area (Å²) in [7, 11) is 0. The molecule has 5 rings (SSSR count). The normalized spacial score (nSPS) is 24.7. The number of carbonyl (C=O) groups excluding carboxylic acids is 2. The maximum Gasteiger partial charge on any atom is 0.242 e. The van der Waals surface area contributed by atoms with E-state index in [0.29, 0.717) is 13.0 Å². The van der Waals surface area contributed by atoms with Gasteiger partial charge in [-0.3, -0.25) is 9.59 Å². The Hall–Kier alpha value is -3.10. The molecule has 0 unspecified atom stereocenters. The minimum Gasteiger partial charge on any atom is -0.394 e. The van der Waals surface area contributed by atoms with E-state index in [1.165, 1.54) is 5.56 Å². The Morgan fingerprint density at radius 2 is 1.81 bits per heavy atom. The lowest BCUT2D eigenvalue weighted by atomic mass is 9.73. The van der Waals surface area contributed by atoms with Gasteiger partial charge in [-0.25, -0.2) is 0 Å². The third-order valence-electron chi connectivity index (χ3n) is 7.18. The highest BCUT2D eigenvalue weighted by Gasteiger charge is 2.54. The number of hydrogen-bond donors (Lipinski definition) is 1. The van der Waals surface area contributed by atoms with Crippen LogP contribution in [0.3, 0.4) is 0 Å². The van der Waals surface area contributed by atoms with E-state index in [0.717, 1.165) is 30.4 Å². The fraction of sp³-hybridized carbons (Fsp3) is 0.407. The number of carbonyl (C=O) groups is 2. The smallest absolute Gasteiger partial charge is 0.242 e. The van der Waals surface area contributed by atoms with Gasteiger partial charge < -0.3 is 14.9 Å². The van der Waals surface area contributed by atoms with Crippen LogP contribution in [0.4, 0.5) is 0 Å². The van der Waals surface area contributed by atoms with Crippen molar-refractivity contribution in [2.75, 3.05) is 19.7 Å². The predicted molar refractivity (Wildman–Crippen MR) is 122 cm³/mol. The summed E-state index contributed by atoms with van der Waals surface area (Å²) in [6, 6.07) is 18.0. The number of aliphatic hydroxyl groups is 1. The van der Waals surface area contributed by atoms with Crippen LogP contribution in [-0.4, -0.2) is 58.5 Å². The van der Waals surface area contributed by atoms with E-state index in [4.69, 9.17) is 0 Å². The molecule has 2 aromatic carbocycles. The Kier molecular flexibility index (Phi) is 5.71. The fourth-order valence-corrected chi connectivity index (χ4v) is 5.21. The first-order valence-corrected chi connectivity index (χ1v) is 11.5. The van der Waals surface area contributed by atoms with Crippen LogP contribution >= 0.6 is 0 Å². The number of aliphatic hydroxyl groups excluding tert-OH is 1. The van der Waals surface area contributed by atoms with Gasteiger partial charge in [0.25, 0.3) is 0 Å². The number of fused-ring (bicyclic) bond motifs is 1. The molecule has 32 heavy (non-hydrogen) atoms. The van der Waals surface area contributed by atoms with E-state index in [9.17, 15) is 14.7 Å². The molecule has 0 spiro atoms. The number of hydrogen-bond acceptors (Lipinski definition) is 3. The zero-order valence-corrected chi connectivity index (χ0v) is 18.1. The molecule has 0 radical (unpaired) electrons. The molecule has 5 heteroatoms. The largest absolute Gasteiger partial charge is 0.394 e. The van der Waals surface area contributed by atoms with Gasteiger partial charge in [0.15, 0.2) is 0 Å². The molecule has 1 saturated carbocycles. The molecule has 1 N–H and O–H groups in total. The van der Waals surface area contributed by atoms with Crippen LogP contribution in [0.15, 0.2) is 54.6 Å². The maximum absolute atomic E-state index is 12.7. The van der Waals surface area contributed by atoms with Gasteiger partial charge >= 0.3 is 0 Å². The Morgan fingerprint density at radius 1 is 1.06 bits per heavy atom. The van der Waals surface area contributed by atoms with Crippen LogP contribution in [0.5, 0.6) is 0 Å². The number of benzene rings is 2. The van der Waals surface area contributed by atoms with Crippen molar-refractivity contribution in [3.63, 3.8) is 0 Å². The third kappa shape index (κ3) is 3.80. The molecule has 2 amide bonds. The van der Waals surface area contributed by atoms with Gasteiger partial charge in [-0.15, -0.1) is 0 Å². The van der Waals surface area contributed by atoms with Crippen LogP contribution < -0.4 is 0 Å². The summed E-state index contributed by atoms with van der Waals surface area (Å²) in [5.41, 5.74) is 3.23. The molecule has 3 fully saturated rings. The zero-order valence-electron chi connectivity index (χ0n) is 18.1. The van der Waals surface area contributed by atoms with Gasteiger partial charge in [-0.1, -0.05) is 60.7 Å². The van der Waals surface area contributed by atoms with Crippen LogP contribution in [0.25, 0.3) is 0 Å². The molecule has 2 aliphatic heterocycles. The lowest BCUT2D eigenvalue weighted by molar-refractivity contribution is -0.169. The Labute approximate surface area is 189 Å². The first-order valence-electron chi connectivity index (χ1n) is 11.5. The Morgan fingerprint density at radius 3 is 2.47 bits per heavy atom. The summed E-state index contributed by atoms with van der Waals surface area (Å²) >= 11 is 0. The summed E-state index contributed by atoms with van der Waals surface area (Å²) in [5.74, 6) is 6.64. The first-order chi connectivity index (χ1) is 15.7. The number of nitrogens with zero attached hydrogens (tertiary/aromatic N) is 2. The molecule has 5 nitrogen and oxygen atoms in total. The fourth-order valence-electron chi connectivity index (χ4n) is 5.21. The average Bonchev–Trinajstić information content (AvgIpc) is 2.75. The van der Waals surface area contributed by atoms with Gasteiger partial charge in [0.05, 0.1) is 25.2 Å². The highest BCUT2D eigenvalue weighted by atomic mass is 16.3. The lowest BCUT2D eigenvalue weighted by Gasteiger charge is -2.59. The molecule has 0 aromatic heterocycles. The van der Waals surface area contributed by atoms with E-state index in [1.54, 1.807) is 9.80 Å². The van der Waals surface area contributed by atoms with Crippen LogP contribution in [-0.2, 0) is 16.0 Å². The summed E-state index contributed by atoms with van der Waals surface area (Å²) < 4.78 is 0. The second kappa shape index (κ2) is 8.80. The van der Waals surface area contributed by atoms with Gasteiger partial charge in [0, 0.05) is 30.4 Å². The van der Waals surface area contributed by atoms with Crippen molar-refractivity contribution in [1.82, 2.24) is 9.80 Å². The van der Waals surface area contributed by atoms with Gasteiger partial charge in [-0.2, -0.15) is 0 Å². The van der Waals surface area contributed by atoms with Crippen molar-refractivity contribution in [1.29, 1.82) is 0 Å². The van der Waals surface area contributed by atoms with Crippen molar-refractivity contribution in [2.24, 2.45) is 5.92 Å². The molecular formula is C27H28N2O3. The summed E-state index contributed by atoms with van der Waals surface area (Å²) in [5, 5.41) is 9.97.